The van der Waals surface area contributed by atoms with Crippen LogP contribution in [0.25, 0.3) is 0 Å². The molecule has 0 saturated heterocycles. The second kappa shape index (κ2) is 6.49. The molecule has 1 aromatic heterocycles. The number of aryl methyl sites for hydroxylation is 1. The first-order valence-electron chi connectivity index (χ1n) is 7.30. The molecule has 3 nitrogen and oxygen atoms in total. The molecule has 0 bridgehead atoms. The fourth-order valence-corrected chi connectivity index (χ4v) is 2.99. The normalized spacial score (nSPS) is 23.2. The van der Waals surface area contributed by atoms with Crippen LogP contribution >= 0.6 is 0 Å². The first-order valence-corrected chi connectivity index (χ1v) is 7.30. The molecule has 1 aliphatic rings. The van der Waals surface area contributed by atoms with Crippen LogP contribution in [0.4, 0.5) is 0 Å². The summed E-state index contributed by atoms with van der Waals surface area (Å²) in [6, 6.07) is 4.49. The van der Waals surface area contributed by atoms with E-state index in [-0.39, 0.29) is 0 Å². The van der Waals surface area contributed by atoms with Gasteiger partial charge in [0, 0.05) is 19.3 Å². The van der Waals surface area contributed by atoms with E-state index >= 15 is 0 Å². The Hall–Kier alpha value is -0.930. The van der Waals surface area contributed by atoms with E-state index in [2.05, 4.69) is 38.1 Å². The molecule has 0 amide bonds. The summed E-state index contributed by atoms with van der Waals surface area (Å²) in [5.74, 6) is 0.623. The van der Waals surface area contributed by atoms with Crippen molar-refractivity contribution < 1.29 is 4.74 Å². The van der Waals surface area contributed by atoms with Crippen molar-refractivity contribution in [1.82, 2.24) is 9.88 Å². The van der Waals surface area contributed by atoms with Gasteiger partial charge in [0.25, 0.3) is 0 Å². The molecule has 2 rings (SSSR count). The first-order chi connectivity index (χ1) is 9.13. The summed E-state index contributed by atoms with van der Waals surface area (Å²) in [6.45, 7) is 3.09. The van der Waals surface area contributed by atoms with Gasteiger partial charge in [-0.05, 0) is 57.3 Å². The van der Waals surface area contributed by atoms with Crippen LogP contribution < -0.4 is 0 Å². The lowest BCUT2D eigenvalue weighted by Crippen LogP contribution is -2.16. The molecule has 3 heteroatoms. The Bertz CT molecular complexity index is 417. The SMILES string of the molecule is CCc1ccc([C@H]2CC[C@@H](OC)C2)c(CN(C)C)n1. The van der Waals surface area contributed by atoms with Crippen LogP contribution in [-0.4, -0.2) is 37.2 Å². The van der Waals surface area contributed by atoms with Gasteiger partial charge in [-0.25, -0.2) is 0 Å². The first kappa shape index (κ1) is 14.5. The van der Waals surface area contributed by atoms with E-state index in [9.17, 15) is 0 Å². The van der Waals surface area contributed by atoms with Crippen molar-refractivity contribution in [2.75, 3.05) is 21.2 Å². The number of hydrogen-bond donors (Lipinski definition) is 0. The standard InChI is InChI=1S/C16H26N2O/c1-5-13-7-9-15(16(17-13)11-18(2)3)12-6-8-14(10-12)19-4/h7,9,12,14H,5-6,8,10-11H2,1-4H3/t12-,14+/m0/s1. The van der Waals surface area contributed by atoms with Crippen LogP contribution in [0.1, 0.15) is 49.1 Å². The van der Waals surface area contributed by atoms with Gasteiger partial charge < -0.3 is 9.64 Å². The Labute approximate surface area is 117 Å². The predicted molar refractivity (Wildman–Crippen MR) is 78.4 cm³/mol. The molecule has 1 aliphatic carbocycles. The number of hydrogen-bond acceptors (Lipinski definition) is 3. The Balaban J connectivity index is 2.23. The van der Waals surface area contributed by atoms with E-state index in [0.29, 0.717) is 12.0 Å². The minimum Gasteiger partial charge on any atom is -0.381 e. The minimum atomic E-state index is 0.433. The highest BCUT2D eigenvalue weighted by Gasteiger charge is 2.27. The van der Waals surface area contributed by atoms with Crippen LogP contribution in [0.2, 0.25) is 0 Å². The van der Waals surface area contributed by atoms with E-state index in [0.717, 1.165) is 19.4 Å². The van der Waals surface area contributed by atoms with Crippen molar-refractivity contribution in [2.24, 2.45) is 0 Å². The second-order valence-corrected chi connectivity index (χ2v) is 5.80. The summed E-state index contributed by atoms with van der Waals surface area (Å²) in [4.78, 5) is 7.05. The van der Waals surface area contributed by atoms with Crippen molar-refractivity contribution in [3.8, 4) is 0 Å². The minimum absolute atomic E-state index is 0.433. The van der Waals surface area contributed by atoms with Crippen molar-refractivity contribution in [2.45, 2.75) is 51.2 Å². The summed E-state index contributed by atoms with van der Waals surface area (Å²) in [5.41, 5.74) is 3.89. The molecule has 0 aromatic carbocycles. The number of nitrogens with zero attached hydrogens (tertiary/aromatic N) is 2. The maximum Gasteiger partial charge on any atom is 0.0581 e. The molecular formula is C16H26N2O. The smallest absolute Gasteiger partial charge is 0.0581 e. The second-order valence-electron chi connectivity index (χ2n) is 5.80. The summed E-state index contributed by atoms with van der Waals surface area (Å²) >= 11 is 0. The third-order valence-electron chi connectivity index (χ3n) is 4.05. The summed E-state index contributed by atoms with van der Waals surface area (Å²) in [6.07, 6.45) is 4.99. The van der Waals surface area contributed by atoms with Crippen molar-refractivity contribution in [3.63, 3.8) is 0 Å². The molecule has 1 saturated carbocycles. The number of methoxy groups -OCH3 is 1. The van der Waals surface area contributed by atoms with Gasteiger partial charge in [-0.1, -0.05) is 13.0 Å². The fraction of sp³-hybridized carbons (Fsp3) is 0.688. The molecular weight excluding hydrogens is 236 g/mol. The van der Waals surface area contributed by atoms with Crippen LogP contribution in [0.5, 0.6) is 0 Å². The molecule has 19 heavy (non-hydrogen) atoms. The van der Waals surface area contributed by atoms with E-state index < -0.39 is 0 Å². The van der Waals surface area contributed by atoms with E-state index in [1.807, 2.05) is 7.11 Å². The summed E-state index contributed by atoms with van der Waals surface area (Å²) in [7, 11) is 6.04. The number of rotatable bonds is 5. The Morgan fingerprint density at radius 2 is 2.11 bits per heavy atom. The zero-order valence-corrected chi connectivity index (χ0v) is 12.6. The summed E-state index contributed by atoms with van der Waals surface area (Å²) in [5, 5.41) is 0. The third kappa shape index (κ3) is 3.54. The Morgan fingerprint density at radius 3 is 2.68 bits per heavy atom. The van der Waals surface area contributed by atoms with Gasteiger partial charge in [0.2, 0.25) is 0 Å². The van der Waals surface area contributed by atoms with Crippen LogP contribution in [0, 0.1) is 0 Å². The predicted octanol–water partition coefficient (Wildman–Crippen LogP) is 2.99. The van der Waals surface area contributed by atoms with Crippen molar-refractivity contribution >= 4 is 0 Å². The van der Waals surface area contributed by atoms with Crippen LogP contribution in [-0.2, 0) is 17.7 Å². The molecule has 2 atom stereocenters. The average Bonchev–Trinajstić information content (AvgIpc) is 2.86. The van der Waals surface area contributed by atoms with Gasteiger partial charge in [-0.3, -0.25) is 4.98 Å². The molecule has 1 aromatic rings. The van der Waals surface area contributed by atoms with E-state index in [4.69, 9.17) is 9.72 Å². The highest BCUT2D eigenvalue weighted by molar-refractivity contribution is 5.28. The number of pyridine rings is 1. The van der Waals surface area contributed by atoms with E-state index in [1.54, 1.807) is 0 Å². The van der Waals surface area contributed by atoms with Crippen molar-refractivity contribution in [1.29, 1.82) is 0 Å². The molecule has 1 fully saturated rings. The van der Waals surface area contributed by atoms with E-state index in [1.165, 1.54) is 29.8 Å². The lowest BCUT2D eigenvalue weighted by Gasteiger charge is -2.18. The highest BCUT2D eigenvalue weighted by atomic mass is 16.5. The molecule has 0 unspecified atom stereocenters. The maximum atomic E-state index is 5.50. The lowest BCUT2D eigenvalue weighted by atomic mass is 9.95. The van der Waals surface area contributed by atoms with Gasteiger partial charge in [-0.15, -0.1) is 0 Å². The molecule has 1 heterocycles. The third-order valence-corrected chi connectivity index (χ3v) is 4.05. The molecule has 0 radical (unpaired) electrons. The van der Waals surface area contributed by atoms with Gasteiger partial charge >= 0.3 is 0 Å². The molecule has 0 aliphatic heterocycles. The van der Waals surface area contributed by atoms with Gasteiger partial charge in [0.1, 0.15) is 0 Å². The van der Waals surface area contributed by atoms with Gasteiger partial charge in [0.05, 0.1) is 11.8 Å². The van der Waals surface area contributed by atoms with Crippen LogP contribution in [0.15, 0.2) is 12.1 Å². The zero-order chi connectivity index (χ0) is 13.8. The zero-order valence-electron chi connectivity index (χ0n) is 12.6. The topological polar surface area (TPSA) is 25.4 Å². The van der Waals surface area contributed by atoms with Crippen LogP contribution in [0.3, 0.4) is 0 Å². The fourth-order valence-electron chi connectivity index (χ4n) is 2.99. The lowest BCUT2D eigenvalue weighted by molar-refractivity contribution is 0.108. The molecule has 0 N–H and O–H groups in total. The average molecular weight is 262 g/mol. The monoisotopic (exact) mass is 262 g/mol. The molecule has 0 spiro atoms. The van der Waals surface area contributed by atoms with Gasteiger partial charge in [-0.2, -0.15) is 0 Å². The molecule has 106 valence electrons. The largest absolute Gasteiger partial charge is 0.381 e. The number of aromatic nitrogens is 1. The Morgan fingerprint density at radius 1 is 1.32 bits per heavy atom. The Kier molecular flexibility index (Phi) is 4.94. The van der Waals surface area contributed by atoms with Crippen molar-refractivity contribution in [3.05, 3.63) is 29.1 Å². The highest BCUT2D eigenvalue weighted by Crippen LogP contribution is 2.37. The summed E-state index contributed by atoms with van der Waals surface area (Å²) < 4.78 is 5.50. The maximum absolute atomic E-state index is 5.50. The number of ether oxygens (including phenoxy) is 1. The quantitative estimate of drug-likeness (QED) is 0.815. The van der Waals surface area contributed by atoms with Gasteiger partial charge in [0.15, 0.2) is 0 Å².